The lowest BCUT2D eigenvalue weighted by Crippen LogP contribution is -2.41. The molecule has 0 aliphatic heterocycles. The molecular formula is C6H2Br3O3P-2. The largest absolute Gasteiger partial charge is 0.683 e. The van der Waals surface area contributed by atoms with E-state index in [1.54, 1.807) is 0 Å². The van der Waals surface area contributed by atoms with Crippen LogP contribution in [0.25, 0.3) is 0 Å². The van der Waals surface area contributed by atoms with E-state index in [-0.39, 0.29) is 9.78 Å². The second kappa shape index (κ2) is 4.23. The van der Waals surface area contributed by atoms with Crippen molar-refractivity contribution in [3.05, 3.63) is 25.6 Å². The van der Waals surface area contributed by atoms with Crippen molar-refractivity contribution in [3.8, 4) is 0 Å². The van der Waals surface area contributed by atoms with E-state index in [2.05, 4.69) is 47.8 Å². The van der Waals surface area contributed by atoms with Crippen molar-refractivity contribution in [2.75, 3.05) is 0 Å². The average molecular weight is 393 g/mol. The molecule has 1 rings (SSSR count). The Labute approximate surface area is 101 Å². The van der Waals surface area contributed by atoms with Crippen molar-refractivity contribution in [2.24, 2.45) is 0 Å². The third kappa shape index (κ3) is 2.96. The van der Waals surface area contributed by atoms with Crippen LogP contribution in [-0.2, 0) is 0 Å². The Bertz CT molecular complexity index is 337. The third-order valence-electron chi connectivity index (χ3n) is 1.28. The van der Waals surface area contributed by atoms with Crippen LogP contribution in [0.15, 0.2) is 25.6 Å². The minimum absolute atomic E-state index is 0.248. The first-order valence-corrected chi connectivity index (χ1v) is 6.91. The highest BCUT2D eigenvalue weighted by Gasteiger charge is 2.11. The maximum Gasteiger partial charge on any atom is 0.0916 e. The van der Waals surface area contributed by atoms with Crippen LogP contribution in [0.1, 0.15) is 0 Å². The third-order valence-corrected chi connectivity index (χ3v) is 5.05. The summed E-state index contributed by atoms with van der Waals surface area (Å²) in [5.74, 6) is 0. The Hall–Kier alpha value is 0.970. The van der Waals surface area contributed by atoms with Crippen LogP contribution in [-0.4, -0.2) is 0 Å². The average Bonchev–Trinajstić information content (AvgIpc) is 1.94. The van der Waals surface area contributed by atoms with Gasteiger partial charge >= 0.3 is 0 Å². The topological polar surface area (TPSA) is 69.2 Å². The van der Waals surface area contributed by atoms with E-state index < -0.39 is 7.94 Å². The van der Waals surface area contributed by atoms with Crippen LogP contribution >= 0.6 is 55.7 Å². The van der Waals surface area contributed by atoms with Crippen LogP contribution in [0.3, 0.4) is 0 Å². The fourth-order valence-electron chi connectivity index (χ4n) is 0.722. The van der Waals surface area contributed by atoms with Gasteiger partial charge in [-0.15, -0.1) is 7.94 Å². The molecule has 0 aliphatic rings. The van der Waals surface area contributed by atoms with Crippen molar-refractivity contribution in [2.45, 2.75) is 0 Å². The molecule has 0 saturated carbocycles. The van der Waals surface area contributed by atoms with Gasteiger partial charge in [0.05, 0.1) is 9.78 Å². The molecule has 13 heavy (non-hydrogen) atoms. The van der Waals surface area contributed by atoms with Gasteiger partial charge in [0.1, 0.15) is 0 Å². The maximum absolute atomic E-state index is 10.7. The number of rotatable bonds is 1. The van der Waals surface area contributed by atoms with Crippen molar-refractivity contribution in [1.82, 2.24) is 0 Å². The molecule has 72 valence electrons. The van der Waals surface area contributed by atoms with Gasteiger partial charge in [-0.1, -0.05) is 0 Å². The summed E-state index contributed by atoms with van der Waals surface area (Å²) in [5, 5.41) is -0.248. The second-order valence-electron chi connectivity index (χ2n) is 2.22. The van der Waals surface area contributed by atoms with E-state index in [1.807, 2.05) is 0 Å². The minimum Gasteiger partial charge on any atom is -0.683 e. The number of halogens is 3. The normalized spacial score (nSPS) is 11.8. The van der Waals surface area contributed by atoms with Gasteiger partial charge in [0.15, 0.2) is 0 Å². The number of hydrogen-bond acceptors (Lipinski definition) is 3. The molecule has 3 nitrogen and oxygen atoms in total. The van der Waals surface area contributed by atoms with Gasteiger partial charge in [-0.3, -0.25) is 0 Å². The Kier molecular flexibility index (Phi) is 3.91. The molecule has 0 radical (unpaired) electrons. The molecule has 0 unspecified atom stereocenters. The Morgan fingerprint density at radius 2 is 1.31 bits per heavy atom. The summed E-state index contributed by atoms with van der Waals surface area (Å²) >= 11 is 9.28. The second-order valence-corrected chi connectivity index (χ2v) is 6.25. The summed E-state index contributed by atoms with van der Waals surface area (Å²) in [4.78, 5) is 32.2. The lowest BCUT2D eigenvalue weighted by Gasteiger charge is -2.42. The lowest BCUT2D eigenvalue weighted by molar-refractivity contribution is -0.421. The lowest BCUT2D eigenvalue weighted by atomic mass is 10.4. The predicted molar refractivity (Wildman–Crippen MR) is 56.1 cm³/mol. The first kappa shape index (κ1) is 12.0. The molecule has 0 fully saturated rings. The van der Waals surface area contributed by atoms with Gasteiger partial charge in [0, 0.05) is 8.95 Å². The van der Waals surface area contributed by atoms with Crippen LogP contribution in [0.5, 0.6) is 0 Å². The van der Waals surface area contributed by atoms with Crippen molar-refractivity contribution in [1.29, 1.82) is 0 Å². The Morgan fingerprint density at radius 3 is 1.77 bits per heavy atom. The minimum atomic E-state index is -4.70. The molecule has 0 spiro atoms. The number of benzene rings is 1. The molecule has 0 amide bonds. The Morgan fingerprint density at radius 1 is 0.846 bits per heavy atom. The van der Waals surface area contributed by atoms with E-state index in [0.29, 0.717) is 8.95 Å². The molecule has 0 N–H and O–H groups in total. The van der Waals surface area contributed by atoms with Gasteiger partial charge in [0.25, 0.3) is 0 Å². The van der Waals surface area contributed by atoms with Crippen molar-refractivity contribution < 1.29 is 14.7 Å². The summed E-state index contributed by atoms with van der Waals surface area (Å²) in [6, 6.07) is 2.76. The van der Waals surface area contributed by atoms with Crippen LogP contribution < -0.4 is 20.0 Å². The summed E-state index contributed by atoms with van der Waals surface area (Å²) in [7, 11) is -4.70. The van der Waals surface area contributed by atoms with Gasteiger partial charge in [-0.25, -0.2) is 0 Å². The SMILES string of the molecule is [O-][P+]([O-])([O-])c1cc(Br)c(Br)cc1Br. The number of hydrogen-bond donors (Lipinski definition) is 0. The highest BCUT2D eigenvalue weighted by molar-refractivity contribution is 9.13. The van der Waals surface area contributed by atoms with E-state index in [4.69, 9.17) is 0 Å². The molecule has 1 aromatic rings. The van der Waals surface area contributed by atoms with E-state index in [9.17, 15) is 14.7 Å². The molecule has 0 heterocycles. The van der Waals surface area contributed by atoms with Gasteiger partial charge in [-0.2, -0.15) is 0 Å². The van der Waals surface area contributed by atoms with Gasteiger partial charge in [-0.05, 0) is 59.9 Å². The summed E-state index contributed by atoms with van der Waals surface area (Å²) in [5.41, 5.74) is 0. The first-order chi connectivity index (χ1) is 5.82. The molecule has 0 aromatic heterocycles. The molecule has 0 bridgehead atoms. The van der Waals surface area contributed by atoms with Crippen LogP contribution in [0.4, 0.5) is 0 Å². The van der Waals surface area contributed by atoms with E-state index >= 15 is 0 Å². The van der Waals surface area contributed by atoms with Crippen LogP contribution in [0, 0.1) is 0 Å². The first-order valence-electron chi connectivity index (χ1n) is 2.99. The zero-order valence-corrected chi connectivity index (χ0v) is 11.6. The predicted octanol–water partition coefficient (Wildman–Crippen LogP) is 0.443. The smallest absolute Gasteiger partial charge is 0.0916 e. The maximum atomic E-state index is 10.7. The fourth-order valence-corrected chi connectivity index (χ4v) is 3.50. The highest BCUT2D eigenvalue weighted by atomic mass is 79.9. The quantitative estimate of drug-likeness (QED) is 0.514. The fraction of sp³-hybridized carbons (Fsp3) is 0. The van der Waals surface area contributed by atoms with Gasteiger partial charge < -0.3 is 14.7 Å². The molecule has 1 aromatic carbocycles. The van der Waals surface area contributed by atoms with Gasteiger partial charge in [0.2, 0.25) is 0 Å². The molecular weight excluding hydrogens is 391 g/mol. The molecule has 0 saturated heterocycles. The summed E-state index contributed by atoms with van der Waals surface area (Å²) < 4.78 is 1.46. The summed E-state index contributed by atoms with van der Waals surface area (Å²) in [6.45, 7) is 0. The van der Waals surface area contributed by atoms with E-state index in [1.165, 1.54) is 12.1 Å². The Balaban J connectivity index is 3.32. The standard InChI is InChI=1S/C6H4Br3O3P/c7-3-1-5(9)6(2-4(3)8)13(10,11)12/h1-2H,(H2,10,11,12)/p-2. The summed E-state index contributed by atoms with van der Waals surface area (Å²) in [6.07, 6.45) is 0. The zero-order chi connectivity index (χ0) is 10.2. The molecule has 0 atom stereocenters. The highest BCUT2D eigenvalue weighted by Crippen LogP contribution is 2.35. The molecule has 7 heteroatoms. The van der Waals surface area contributed by atoms with Crippen molar-refractivity contribution in [3.63, 3.8) is 0 Å². The zero-order valence-electron chi connectivity index (χ0n) is 5.96. The van der Waals surface area contributed by atoms with Crippen molar-refractivity contribution >= 4 is 61.0 Å². The molecule has 0 aliphatic carbocycles. The monoisotopic (exact) mass is 390 g/mol. The van der Waals surface area contributed by atoms with Crippen LogP contribution in [0.2, 0.25) is 0 Å². The van der Waals surface area contributed by atoms with E-state index in [0.717, 1.165) is 0 Å².